The Hall–Kier alpha value is -1.73. The van der Waals surface area contributed by atoms with Crippen LogP contribution >= 0.6 is 11.6 Å². The highest BCUT2D eigenvalue weighted by Crippen LogP contribution is 2.22. The Morgan fingerprint density at radius 3 is 2.93 bits per heavy atom. The third-order valence-electron chi connectivity index (χ3n) is 1.76. The van der Waals surface area contributed by atoms with Gasteiger partial charge in [0.05, 0.1) is 17.1 Å². The molecule has 0 aliphatic heterocycles. The third-order valence-corrected chi connectivity index (χ3v) is 2.04. The van der Waals surface area contributed by atoms with Gasteiger partial charge in [-0.15, -0.1) is 6.42 Å². The van der Waals surface area contributed by atoms with Crippen molar-refractivity contribution in [3.8, 4) is 12.3 Å². The normalized spacial score (nSPS) is 9.40. The summed E-state index contributed by atoms with van der Waals surface area (Å²) in [4.78, 5) is 16.2. The van der Waals surface area contributed by atoms with Crippen LogP contribution in [0.15, 0.2) is 12.3 Å². The lowest BCUT2D eigenvalue weighted by Gasteiger charge is -2.16. The quantitative estimate of drug-likeness (QED) is 0.791. The number of hydrogen-bond donors (Lipinski definition) is 1. The van der Waals surface area contributed by atoms with Gasteiger partial charge >= 0.3 is 5.97 Å². The van der Waals surface area contributed by atoms with E-state index in [1.165, 1.54) is 12.3 Å². The molecule has 5 heteroatoms. The van der Waals surface area contributed by atoms with E-state index in [4.69, 9.17) is 23.1 Å². The molecule has 1 aromatic heterocycles. The highest BCUT2D eigenvalue weighted by Gasteiger charge is 2.10. The summed E-state index contributed by atoms with van der Waals surface area (Å²) in [5.41, 5.74) is 0.0536. The molecule has 1 N–H and O–H groups in total. The van der Waals surface area contributed by atoms with Crippen LogP contribution in [0.5, 0.6) is 0 Å². The molecule has 0 amide bonds. The summed E-state index contributed by atoms with van der Waals surface area (Å²) in [7, 11) is 1.73. The first-order valence-corrected chi connectivity index (χ1v) is 4.47. The Kier molecular flexibility index (Phi) is 3.53. The molecule has 0 aromatic carbocycles. The van der Waals surface area contributed by atoms with E-state index in [2.05, 4.69) is 10.9 Å². The maximum atomic E-state index is 10.6. The number of carboxylic acid groups (broad SMARTS) is 1. The molecule has 0 fully saturated rings. The van der Waals surface area contributed by atoms with Crippen molar-refractivity contribution < 1.29 is 9.90 Å². The van der Waals surface area contributed by atoms with Crippen LogP contribution < -0.4 is 4.90 Å². The Morgan fingerprint density at radius 1 is 1.80 bits per heavy atom. The van der Waals surface area contributed by atoms with Crippen LogP contribution in [-0.4, -0.2) is 29.7 Å². The summed E-state index contributed by atoms with van der Waals surface area (Å²) >= 11 is 5.87. The number of carboxylic acids is 1. The minimum atomic E-state index is -1.06. The maximum Gasteiger partial charge on any atom is 0.337 e. The van der Waals surface area contributed by atoms with Crippen LogP contribution in [0.2, 0.25) is 5.02 Å². The second-order valence-electron chi connectivity index (χ2n) is 2.89. The minimum Gasteiger partial charge on any atom is -0.478 e. The maximum absolute atomic E-state index is 10.6. The monoisotopic (exact) mass is 224 g/mol. The van der Waals surface area contributed by atoms with Crippen LogP contribution in [0.1, 0.15) is 10.4 Å². The number of aromatic carboxylic acids is 1. The van der Waals surface area contributed by atoms with Crippen molar-refractivity contribution in [2.45, 2.75) is 0 Å². The first-order chi connectivity index (χ1) is 7.06. The molecule has 0 aliphatic carbocycles. The lowest BCUT2D eigenvalue weighted by molar-refractivity contribution is 0.0696. The molecular formula is C10H9ClN2O2. The van der Waals surface area contributed by atoms with Gasteiger partial charge in [0.15, 0.2) is 0 Å². The highest BCUT2D eigenvalue weighted by atomic mass is 35.5. The summed E-state index contributed by atoms with van der Waals surface area (Å²) in [6.45, 7) is 0.360. The second kappa shape index (κ2) is 4.67. The Balaban J connectivity index is 3.03. The Morgan fingerprint density at radius 2 is 2.47 bits per heavy atom. The number of pyridine rings is 1. The van der Waals surface area contributed by atoms with E-state index in [-0.39, 0.29) is 10.6 Å². The molecule has 0 aliphatic rings. The lowest BCUT2D eigenvalue weighted by atomic mass is 10.3. The van der Waals surface area contributed by atoms with E-state index in [9.17, 15) is 4.79 Å². The zero-order valence-corrected chi connectivity index (χ0v) is 8.82. The van der Waals surface area contributed by atoms with Crippen molar-refractivity contribution >= 4 is 23.4 Å². The van der Waals surface area contributed by atoms with Gasteiger partial charge in [-0.1, -0.05) is 17.5 Å². The molecule has 1 rings (SSSR count). The molecule has 0 atom stereocenters. The van der Waals surface area contributed by atoms with Crippen molar-refractivity contribution in [3.63, 3.8) is 0 Å². The topological polar surface area (TPSA) is 53.4 Å². The number of nitrogens with zero attached hydrogens (tertiary/aromatic N) is 2. The van der Waals surface area contributed by atoms with Crippen molar-refractivity contribution in [1.29, 1.82) is 0 Å². The second-order valence-corrected chi connectivity index (χ2v) is 3.30. The van der Waals surface area contributed by atoms with Gasteiger partial charge in [-0.2, -0.15) is 0 Å². The predicted molar refractivity (Wildman–Crippen MR) is 58.3 cm³/mol. The highest BCUT2D eigenvalue weighted by molar-refractivity contribution is 6.33. The smallest absolute Gasteiger partial charge is 0.337 e. The molecule has 78 valence electrons. The summed E-state index contributed by atoms with van der Waals surface area (Å²) < 4.78 is 0. The molecule has 1 heterocycles. The van der Waals surface area contributed by atoms with Crippen molar-refractivity contribution in [2.24, 2.45) is 0 Å². The zero-order valence-electron chi connectivity index (χ0n) is 8.07. The van der Waals surface area contributed by atoms with Gasteiger partial charge in [0, 0.05) is 13.2 Å². The number of hydrogen-bond acceptors (Lipinski definition) is 3. The lowest BCUT2D eigenvalue weighted by Crippen LogP contribution is -2.19. The fraction of sp³-hybridized carbons (Fsp3) is 0.200. The van der Waals surface area contributed by atoms with Gasteiger partial charge in [0.25, 0.3) is 0 Å². The van der Waals surface area contributed by atoms with E-state index < -0.39 is 5.97 Å². The Bertz CT molecular complexity index is 426. The van der Waals surface area contributed by atoms with E-state index in [1.54, 1.807) is 11.9 Å². The third kappa shape index (κ3) is 2.61. The molecule has 15 heavy (non-hydrogen) atoms. The van der Waals surface area contributed by atoms with Gasteiger partial charge in [-0.3, -0.25) is 0 Å². The first kappa shape index (κ1) is 11.3. The number of halogens is 1. The molecule has 0 saturated heterocycles. The van der Waals surface area contributed by atoms with Crippen molar-refractivity contribution in [3.05, 3.63) is 22.8 Å². The SMILES string of the molecule is C#CCN(C)c1ncc(C(=O)O)cc1Cl. The van der Waals surface area contributed by atoms with E-state index in [0.717, 1.165) is 0 Å². The molecule has 0 bridgehead atoms. The standard InChI is InChI=1S/C10H9ClN2O2/c1-3-4-13(2)9-8(11)5-7(6-12-9)10(14)15/h1,5-6H,4H2,2H3,(H,14,15). The average molecular weight is 225 g/mol. The number of aromatic nitrogens is 1. The van der Waals surface area contributed by atoms with Gasteiger partial charge < -0.3 is 10.0 Å². The molecule has 4 nitrogen and oxygen atoms in total. The van der Waals surface area contributed by atoms with Crippen molar-refractivity contribution in [1.82, 2.24) is 4.98 Å². The van der Waals surface area contributed by atoms with Gasteiger partial charge in [-0.25, -0.2) is 9.78 Å². The summed E-state index contributed by atoms with van der Waals surface area (Å²) in [5, 5.41) is 8.97. The molecule has 0 radical (unpaired) electrons. The largest absolute Gasteiger partial charge is 0.478 e. The fourth-order valence-electron chi connectivity index (χ4n) is 1.04. The number of anilines is 1. The van der Waals surface area contributed by atoms with Crippen LogP contribution in [0.25, 0.3) is 0 Å². The summed E-state index contributed by atoms with van der Waals surface area (Å²) in [6.07, 6.45) is 6.38. The van der Waals surface area contributed by atoms with E-state index >= 15 is 0 Å². The number of rotatable bonds is 3. The van der Waals surface area contributed by atoms with Crippen LogP contribution in [0.4, 0.5) is 5.82 Å². The molecule has 0 unspecified atom stereocenters. The number of terminal acetylenes is 1. The van der Waals surface area contributed by atoms with Crippen molar-refractivity contribution in [2.75, 3.05) is 18.5 Å². The fourth-order valence-corrected chi connectivity index (χ4v) is 1.35. The van der Waals surface area contributed by atoms with Gasteiger partial charge in [0.2, 0.25) is 0 Å². The summed E-state index contributed by atoms with van der Waals surface area (Å²) in [5.74, 6) is 1.85. The minimum absolute atomic E-state index is 0.0536. The number of carbonyl (C=O) groups is 1. The van der Waals surface area contributed by atoms with Crippen LogP contribution in [0.3, 0.4) is 0 Å². The van der Waals surface area contributed by atoms with E-state index in [0.29, 0.717) is 12.4 Å². The molecule has 0 spiro atoms. The molecule has 1 aromatic rings. The van der Waals surface area contributed by atoms with E-state index in [1.807, 2.05) is 0 Å². The molecular weight excluding hydrogens is 216 g/mol. The first-order valence-electron chi connectivity index (χ1n) is 4.09. The Labute approximate surface area is 92.5 Å². The average Bonchev–Trinajstić information content (AvgIpc) is 2.17. The van der Waals surface area contributed by atoms with Gasteiger partial charge in [-0.05, 0) is 6.07 Å². The summed E-state index contributed by atoms with van der Waals surface area (Å²) in [6, 6.07) is 1.35. The zero-order chi connectivity index (χ0) is 11.4. The predicted octanol–water partition coefficient (Wildman–Crippen LogP) is 1.50. The molecule has 0 saturated carbocycles. The van der Waals surface area contributed by atoms with Gasteiger partial charge in [0.1, 0.15) is 5.82 Å². The van der Waals surface area contributed by atoms with Crippen LogP contribution in [-0.2, 0) is 0 Å². The van der Waals surface area contributed by atoms with Crippen LogP contribution in [0, 0.1) is 12.3 Å².